The molecule has 3 nitrogen and oxygen atoms in total. The monoisotopic (exact) mass is 313 g/mol. The molecule has 0 aromatic heterocycles. The second kappa shape index (κ2) is 6.51. The second-order valence-electron chi connectivity index (χ2n) is 3.65. The number of rotatable bonds is 6. The van der Waals surface area contributed by atoms with Crippen molar-refractivity contribution in [2.45, 2.75) is 17.3 Å². The van der Waals surface area contributed by atoms with E-state index in [0.29, 0.717) is 5.69 Å². The molecule has 0 aliphatic carbocycles. The highest BCUT2D eigenvalue weighted by Gasteiger charge is 2.27. The molecule has 1 N–H and O–H groups in total. The molecule has 0 atom stereocenters. The van der Waals surface area contributed by atoms with Crippen LogP contribution < -0.4 is 5.32 Å². The average Bonchev–Trinajstić information content (AvgIpc) is 2.34. The third-order valence-corrected chi connectivity index (χ3v) is 4.78. The fraction of sp³-hybridized carbons (Fsp3) is 0.455. The lowest BCUT2D eigenvalue weighted by molar-refractivity contribution is -0.0327. The molecule has 0 radical (unpaired) electrons. The Hall–Kier alpha value is -0.890. The van der Waals surface area contributed by atoms with E-state index < -0.39 is 15.3 Å². The Morgan fingerprint density at radius 3 is 2.26 bits per heavy atom. The third-order valence-electron chi connectivity index (χ3n) is 2.29. The highest BCUT2D eigenvalue weighted by molar-refractivity contribution is 8.00. The van der Waals surface area contributed by atoms with E-state index in [1.165, 1.54) is 12.1 Å². The quantitative estimate of drug-likeness (QED) is 0.820. The molecule has 0 saturated heterocycles. The van der Waals surface area contributed by atoms with Gasteiger partial charge in [0.1, 0.15) is 0 Å². The van der Waals surface area contributed by atoms with Crippen molar-refractivity contribution in [1.82, 2.24) is 0 Å². The van der Waals surface area contributed by atoms with Gasteiger partial charge in [-0.1, -0.05) is 6.92 Å². The van der Waals surface area contributed by atoms with E-state index in [1.807, 2.05) is 0 Å². The average molecular weight is 313 g/mol. The summed E-state index contributed by atoms with van der Waals surface area (Å²) < 4.78 is 58.7. The predicted octanol–water partition coefficient (Wildman–Crippen LogP) is 3.15. The van der Waals surface area contributed by atoms with Gasteiger partial charge in [0.05, 0.1) is 10.6 Å². The van der Waals surface area contributed by atoms with Crippen molar-refractivity contribution in [3.05, 3.63) is 24.3 Å². The zero-order chi connectivity index (χ0) is 14.5. The molecule has 0 aliphatic heterocycles. The zero-order valence-electron chi connectivity index (χ0n) is 10.2. The Labute approximate surface area is 114 Å². The summed E-state index contributed by atoms with van der Waals surface area (Å²) in [6, 6.07) is 5.97. The highest BCUT2D eigenvalue weighted by atomic mass is 32.2. The Balaban J connectivity index is 2.50. The van der Waals surface area contributed by atoms with Crippen LogP contribution in [0.15, 0.2) is 29.2 Å². The minimum atomic E-state index is -4.22. The molecule has 0 heterocycles. The first kappa shape index (κ1) is 16.2. The lowest BCUT2D eigenvalue weighted by Crippen LogP contribution is -2.09. The summed E-state index contributed by atoms with van der Waals surface area (Å²) >= 11 is -0.0945. The zero-order valence-corrected chi connectivity index (χ0v) is 11.8. The lowest BCUT2D eigenvalue weighted by atomic mass is 10.3. The molecule has 0 bridgehead atoms. The molecule has 0 amide bonds. The van der Waals surface area contributed by atoms with Crippen LogP contribution in [0.25, 0.3) is 0 Å². The van der Waals surface area contributed by atoms with Crippen LogP contribution in [0.3, 0.4) is 0 Å². The van der Waals surface area contributed by atoms with Crippen molar-refractivity contribution < 1.29 is 21.6 Å². The van der Waals surface area contributed by atoms with Gasteiger partial charge in [0.25, 0.3) is 0 Å². The SMILES string of the molecule is CCS(=O)(=O)c1ccc(NCCSC(F)(F)F)cc1. The number of nitrogens with one attached hydrogen (secondary N) is 1. The van der Waals surface area contributed by atoms with Gasteiger partial charge in [-0.2, -0.15) is 13.2 Å². The minimum Gasteiger partial charge on any atom is -0.384 e. The summed E-state index contributed by atoms with van der Waals surface area (Å²) in [7, 11) is -3.24. The number of thioether (sulfide) groups is 1. The molecular weight excluding hydrogens is 299 g/mol. The van der Waals surface area contributed by atoms with Gasteiger partial charge < -0.3 is 5.32 Å². The summed E-state index contributed by atoms with van der Waals surface area (Å²) in [6.07, 6.45) is 0. The first-order chi connectivity index (χ1) is 8.74. The van der Waals surface area contributed by atoms with Crippen LogP contribution in [-0.2, 0) is 9.84 Å². The van der Waals surface area contributed by atoms with Gasteiger partial charge in [-0.3, -0.25) is 0 Å². The largest absolute Gasteiger partial charge is 0.441 e. The van der Waals surface area contributed by atoms with Crippen molar-refractivity contribution in [3.8, 4) is 0 Å². The molecule has 1 aromatic rings. The number of hydrogen-bond donors (Lipinski definition) is 1. The molecule has 1 rings (SSSR count). The van der Waals surface area contributed by atoms with Gasteiger partial charge in [-0.25, -0.2) is 8.42 Å². The van der Waals surface area contributed by atoms with Gasteiger partial charge in [0, 0.05) is 18.0 Å². The molecule has 0 aliphatic rings. The Kier molecular flexibility index (Phi) is 5.54. The summed E-state index contributed by atoms with van der Waals surface area (Å²) in [4.78, 5) is 0.213. The summed E-state index contributed by atoms with van der Waals surface area (Å²) in [5.41, 5.74) is -3.63. The molecule has 19 heavy (non-hydrogen) atoms. The van der Waals surface area contributed by atoms with E-state index in [0.717, 1.165) is 0 Å². The van der Waals surface area contributed by atoms with Crippen molar-refractivity contribution in [3.63, 3.8) is 0 Å². The number of halogens is 3. The Morgan fingerprint density at radius 1 is 1.21 bits per heavy atom. The van der Waals surface area contributed by atoms with E-state index in [1.54, 1.807) is 19.1 Å². The van der Waals surface area contributed by atoms with Crippen LogP contribution in [0.2, 0.25) is 0 Å². The summed E-state index contributed by atoms with van der Waals surface area (Å²) in [5.74, 6) is -0.0828. The fourth-order valence-electron chi connectivity index (χ4n) is 1.31. The number of hydrogen-bond acceptors (Lipinski definition) is 4. The maximum absolute atomic E-state index is 11.9. The van der Waals surface area contributed by atoms with E-state index in [-0.39, 0.29) is 34.7 Å². The molecular formula is C11H14F3NO2S2. The van der Waals surface area contributed by atoms with Crippen LogP contribution >= 0.6 is 11.8 Å². The molecule has 1 aromatic carbocycles. The highest BCUT2D eigenvalue weighted by Crippen LogP contribution is 2.29. The third kappa shape index (κ3) is 5.73. The van der Waals surface area contributed by atoms with Crippen molar-refractivity contribution >= 4 is 27.3 Å². The predicted molar refractivity (Wildman–Crippen MR) is 71.2 cm³/mol. The standard InChI is InChI=1S/C11H14F3NO2S2/c1-2-19(16,17)10-5-3-9(4-6-10)15-7-8-18-11(12,13)14/h3-6,15H,2,7-8H2,1H3. The topological polar surface area (TPSA) is 46.2 Å². The summed E-state index contributed by atoms with van der Waals surface area (Å²) in [6.45, 7) is 1.71. The fourth-order valence-corrected chi connectivity index (χ4v) is 2.63. The van der Waals surface area contributed by atoms with Gasteiger partial charge in [0.2, 0.25) is 0 Å². The van der Waals surface area contributed by atoms with Crippen molar-refractivity contribution in [2.24, 2.45) is 0 Å². The smallest absolute Gasteiger partial charge is 0.384 e. The number of sulfone groups is 1. The first-order valence-electron chi connectivity index (χ1n) is 5.52. The van der Waals surface area contributed by atoms with Gasteiger partial charge in [-0.05, 0) is 36.0 Å². The van der Waals surface area contributed by atoms with E-state index in [4.69, 9.17) is 0 Å². The minimum absolute atomic E-state index is 0.0159. The van der Waals surface area contributed by atoms with Crippen LogP contribution in [0.4, 0.5) is 18.9 Å². The molecule has 0 saturated carbocycles. The molecule has 8 heteroatoms. The normalized spacial score (nSPS) is 12.4. The number of anilines is 1. The van der Waals surface area contributed by atoms with Crippen molar-refractivity contribution in [2.75, 3.05) is 23.4 Å². The van der Waals surface area contributed by atoms with Crippen molar-refractivity contribution in [1.29, 1.82) is 0 Å². The molecule has 0 fully saturated rings. The van der Waals surface area contributed by atoms with Gasteiger partial charge in [-0.15, -0.1) is 0 Å². The van der Waals surface area contributed by atoms with Crippen LogP contribution in [0, 0.1) is 0 Å². The maximum atomic E-state index is 11.9. The Bertz CT molecular complexity index is 498. The lowest BCUT2D eigenvalue weighted by Gasteiger charge is -2.08. The van der Waals surface area contributed by atoms with E-state index in [2.05, 4.69) is 5.32 Å². The first-order valence-corrected chi connectivity index (χ1v) is 8.16. The number of benzene rings is 1. The summed E-state index contributed by atoms with van der Waals surface area (Å²) in [5, 5.41) is 2.80. The van der Waals surface area contributed by atoms with E-state index >= 15 is 0 Å². The number of alkyl halides is 3. The van der Waals surface area contributed by atoms with Gasteiger partial charge in [0.15, 0.2) is 9.84 Å². The van der Waals surface area contributed by atoms with Crippen LogP contribution in [0.5, 0.6) is 0 Å². The van der Waals surface area contributed by atoms with E-state index in [9.17, 15) is 21.6 Å². The van der Waals surface area contributed by atoms with Crippen LogP contribution in [-0.4, -0.2) is 32.0 Å². The molecule has 108 valence electrons. The molecule has 0 spiro atoms. The maximum Gasteiger partial charge on any atom is 0.441 e. The second-order valence-corrected chi connectivity index (χ2v) is 7.09. The van der Waals surface area contributed by atoms with Gasteiger partial charge >= 0.3 is 5.51 Å². The molecule has 0 unspecified atom stereocenters. The Morgan fingerprint density at radius 2 is 1.79 bits per heavy atom. The van der Waals surface area contributed by atoms with Crippen LogP contribution in [0.1, 0.15) is 6.92 Å².